The van der Waals surface area contributed by atoms with Gasteiger partial charge in [-0.1, -0.05) is 0 Å². The zero-order chi connectivity index (χ0) is 16.5. The van der Waals surface area contributed by atoms with E-state index in [1.54, 1.807) is 19.0 Å². The van der Waals surface area contributed by atoms with Crippen LogP contribution in [0, 0.1) is 0 Å². The minimum Gasteiger partial charge on any atom is -0.496 e. The van der Waals surface area contributed by atoms with Gasteiger partial charge in [-0.05, 0) is 29.8 Å². The Hall–Kier alpha value is -2.09. The van der Waals surface area contributed by atoms with Crippen molar-refractivity contribution in [3.63, 3.8) is 0 Å². The summed E-state index contributed by atoms with van der Waals surface area (Å²) in [6.07, 6.45) is -4.46. The van der Waals surface area contributed by atoms with Crippen molar-refractivity contribution < 1.29 is 17.9 Å². The summed E-state index contributed by atoms with van der Waals surface area (Å²) in [5.74, 6) is 0.398. The highest BCUT2D eigenvalue weighted by Crippen LogP contribution is 2.38. The van der Waals surface area contributed by atoms with Crippen LogP contribution in [0.4, 0.5) is 19.0 Å². The molecule has 1 aromatic heterocycles. The van der Waals surface area contributed by atoms with Gasteiger partial charge in [-0.2, -0.15) is 18.2 Å². The van der Waals surface area contributed by atoms with E-state index in [0.717, 1.165) is 12.1 Å². The van der Waals surface area contributed by atoms with E-state index in [1.165, 1.54) is 13.2 Å². The zero-order valence-electron chi connectivity index (χ0n) is 11.9. The maximum atomic E-state index is 12.8. The lowest BCUT2D eigenvalue weighted by atomic mass is 10.1. The number of halogens is 4. The second-order valence-electron chi connectivity index (χ2n) is 4.56. The van der Waals surface area contributed by atoms with Crippen LogP contribution in [0.1, 0.15) is 5.56 Å². The number of anilines is 1. The number of hydrogen-bond acceptors (Lipinski definition) is 5. The highest BCUT2D eigenvalue weighted by atomic mass is 35.5. The minimum absolute atomic E-state index is 0.0244. The number of methoxy groups -OCH3 is 1. The van der Waals surface area contributed by atoms with Gasteiger partial charge in [-0.25, -0.2) is 0 Å². The van der Waals surface area contributed by atoms with Crippen LogP contribution in [0.3, 0.4) is 0 Å². The van der Waals surface area contributed by atoms with Crippen molar-refractivity contribution in [3.05, 3.63) is 29.0 Å². The van der Waals surface area contributed by atoms with Gasteiger partial charge in [0, 0.05) is 19.7 Å². The van der Waals surface area contributed by atoms with E-state index in [4.69, 9.17) is 16.3 Å². The van der Waals surface area contributed by atoms with Gasteiger partial charge in [0.25, 0.3) is 0 Å². The molecular weight excluding hydrogens is 321 g/mol. The van der Waals surface area contributed by atoms with Gasteiger partial charge < -0.3 is 9.64 Å². The fourth-order valence-corrected chi connectivity index (χ4v) is 1.97. The van der Waals surface area contributed by atoms with Gasteiger partial charge in [0.05, 0.1) is 12.7 Å². The van der Waals surface area contributed by atoms with Crippen LogP contribution < -0.4 is 9.64 Å². The van der Waals surface area contributed by atoms with Crippen molar-refractivity contribution >= 4 is 17.4 Å². The van der Waals surface area contributed by atoms with Gasteiger partial charge in [0.2, 0.25) is 5.28 Å². The molecule has 0 amide bonds. The average Bonchev–Trinajstić information content (AvgIpc) is 2.45. The number of ether oxygens (including phenoxy) is 1. The maximum Gasteiger partial charge on any atom is 0.416 e. The molecule has 0 aliphatic rings. The molecule has 0 saturated carbocycles. The van der Waals surface area contributed by atoms with E-state index in [-0.39, 0.29) is 16.7 Å². The Morgan fingerprint density at radius 2 is 1.86 bits per heavy atom. The third-order valence-corrected chi connectivity index (χ3v) is 3.01. The first-order valence-electron chi connectivity index (χ1n) is 6.07. The van der Waals surface area contributed by atoms with Crippen molar-refractivity contribution in [1.29, 1.82) is 0 Å². The minimum atomic E-state index is -4.46. The molecule has 0 fully saturated rings. The van der Waals surface area contributed by atoms with Crippen molar-refractivity contribution in [2.75, 3.05) is 26.1 Å². The Morgan fingerprint density at radius 1 is 1.18 bits per heavy atom. The lowest BCUT2D eigenvalue weighted by molar-refractivity contribution is -0.137. The van der Waals surface area contributed by atoms with E-state index in [2.05, 4.69) is 15.2 Å². The first-order valence-corrected chi connectivity index (χ1v) is 6.45. The van der Waals surface area contributed by atoms with E-state index < -0.39 is 11.7 Å². The van der Waals surface area contributed by atoms with Gasteiger partial charge in [-0.3, -0.25) is 0 Å². The van der Waals surface area contributed by atoms with Crippen LogP contribution in [0.25, 0.3) is 11.3 Å². The first-order chi connectivity index (χ1) is 10.2. The Morgan fingerprint density at radius 3 is 2.41 bits per heavy atom. The quantitative estimate of drug-likeness (QED) is 0.863. The molecule has 9 heteroatoms. The standard InChI is InChI=1S/C13H12ClF3N4O/c1-21(2)11-10(19-20-12(14)18-11)8-5-4-7(13(15,16)17)6-9(8)22-3/h4-6H,1-3H3. The second-order valence-corrected chi connectivity index (χ2v) is 4.90. The summed E-state index contributed by atoms with van der Waals surface area (Å²) in [4.78, 5) is 5.67. The lowest BCUT2D eigenvalue weighted by Crippen LogP contribution is -2.14. The van der Waals surface area contributed by atoms with Gasteiger partial charge >= 0.3 is 6.18 Å². The van der Waals surface area contributed by atoms with Crippen LogP contribution in [-0.4, -0.2) is 36.4 Å². The summed E-state index contributed by atoms with van der Waals surface area (Å²) in [5.41, 5.74) is -0.190. The molecule has 0 aliphatic carbocycles. The van der Waals surface area contributed by atoms with Gasteiger partial charge in [-0.15, -0.1) is 10.2 Å². The van der Waals surface area contributed by atoms with Crippen LogP contribution in [0.15, 0.2) is 18.2 Å². The number of nitrogens with zero attached hydrogens (tertiary/aromatic N) is 4. The summed E-state index contributed by atoms with van der Waals surface area (Å²) >= 11 is 5.72. The fraction of sp³-hybridized carbons (Fsp3) is 0.308. The summed E-state index contributed by atoms with van der Waals surface area (Å²) in [6.45, 7) is 0. The molecule has 22 heavy (non-hydrogen) atoms. The SMILES string of the molecule is COc1cc(C(F)(F)F)ccc1-c1nnc(Cl)nc1N(C)C. The molecule has 0 radical (unpaired) electrons. The zero-order valence-corrected chi connectivity index (χ0v) is 12.7. The second kappa shape index (κ2) is 5.96. The van der Waals surface area contributed by atoms with Crippen molar-refractivity contribution in [2.45, 2.75) is 6.18 Å². The summed E-state index contributed by atoms with van der Waals surface area (Å²) in [7, 11) is 4.70. The van der Waals surface area contributed by atoms with Gasteiger partial charge in [0.15, 0.2) is 5.82 Å². The third-order valence-electron chi connectivity index (χ3n) is 2.85. The number of aromatic nitrogens is 3. The predicted octanol–water partition coefficient (Wildman–Crippen LogP) is 3.29. The number of hydrogen-bond donors (Lipinski definition) is 0. The molecular formula is C13H12ClF3N4O. The molecule has 0 N–H and O–H groups in total. The van der Waals surface area contributed by atoms with Crippen LogP contribution in [-0.2, 0) is 6.18 Å². The monoisotopic (exact) mass is 332 g/mol. The Labute approximate surface area is 129 Å². The van der Waals surface area contributed by atoms with Crippen LogP contribution in [0.2, 0.25) is 5.28 Å². The molecule has 1 heterocycles. The summed E-state index contributed by atoms with van der Waals surface area (Å²) in [5, 5.41) is 7.51. The van der Waals surface area contributed by atoms with Gasteiger partial charge in [0.1, 0.15) is 11.4 Å². The molecule has 2 aromatic rings. The molecule has 118 valence electrons. The highest BCUT2D eigenvalue weighted by Gasteiger charge is 2.31. The van der Waals surface area contributed by atoms with Crippen molar-refractivity contribution in [1.82, 2.24) is 15.2 Å². The Bertz CT molecular complexity index is 691. The molecule has 0 bridgehead atoms. The molecule has 0 spiro atoms. The van der Waals surface area contributed by atoms with E-state index in [0.29, 0.717) is 11.4 Å². The molecule has 0 aliphatic heterocycles. The number of rotatable bonds is 3. The average molecular weight is 333 g/mol. The van der Waals surface area contributed by atoms with Crippen molar-refractivity contribution in [2.24, 2.45) is 0 Å². The summed E-state index contributed by atoms with van der Waals surface area (Å²) < 4.78 is 43.4. The van der Waals surface area contributed by atoms with E-state index >= 15 is 0 Å². The molecule has 1 aromatic carbocycles. The smallest absolute Gasteiger partial charge is 0.416 e. The maximum absolute atomic E-state index is 12.8. The predicted molar refractivity (Wildman–Crippen MR) is 76.2 cm³/mol. The largest absolute Gasteiger partial charge is 0.496 e. The van der Waals surface area contributed by atoms with E-state index in [9.17, 15) is 13.2 Å². The number of alkyl halides is 3. The lowest BCUT2D eigenvalue weighted by Gasteiger charge is -2.17. The van der Waals surface area contributed by atoms with E-state index in [1.807, 2.05) is 0 Å². The van der Waals surface area contributed by atoms with Crippen LogP contribution >= 0.6 is 11.6 Å². The fourth-order valence-electron chi connectivity index (χ4n) is 1.85. The summed E-state index contributed by atoms with van der Waals surface area (Å²) in [6, 6.07) is 3.13. The molecule has 0 unspecified atom stereocenters. The first kappa shape index (κ1) is 16.3. The molecule has 0 atom stereocenters. The Balaban J connectivity index is 2.63. The third kappa shape index (κ3) is 3.22. The molecule has 2 rings (SSSR count). The normalized spacial score (nSPS) is 11.4. The molecule has 5 nitrogen and oxygen atoms in total. The number of benzene rings is 1. The highest BCUT2D eigenvalue weighted by molar-refractivity contribution is 6.28. The molecule has 0 saturated heterocycles. The topological polar surface area (TPSA) is 51.1 Å². The van der Waals surface area contributed by atoms with Crippen LogP contribution in [0.5, 0.6) is 5.75 Å². The Kier molecular flexibility index (Phi) is 4.41. The van der Waals surface area contributed by atoms with Crippen molar-refractivity contribution in [3.8, 4) is 17.0 Å².